The van der Waals surface area contributed by atoms with Crippen LogP contribution in [0.1, 0.15) is 6.92 Å². The number of aliphatic carboxylic acids is 1. The molecule has 4 rings (SSSR count). The quantitative estimate of drug-likeness (QED) is 0.428. The van der Waals surface area contributed by atoms with Crippen LogP contribution in [-0.2, 0) is 4.79 Å². The summed E-state index contributed by atoms with van der Waals surface area (Å²) < 4.78 is 1.73. The molecule has 0 aliphatic rings. The number of thioether (sulfide) groups is 1. The molecule has 0 amide bonds. The predicted octanol–water partition coefficient (Wildman–Crippen LogP) is 4.06. The Hall–Kier alpha value is -3.52. The number of hydrogen-bond acceptors (Lipinski definition) is 6. The zero-order chi connectivity index (χ0) is 20.5. The van der Waals surface area contributed by atoms with Crippen molar-refractivity contribution in [1.29, 1.82) is 0 Å². The van der Waals surface area contributed by atoms with Crippen molar-refractivity contribution >= 4 is 28.5 Å². The molecule has 146 valence electrons. The van der Waals surface area contributed by atoms with Gasteiger partial charge in [-0.25, -0.2) is 0 Å². The monoisotopic (exact) mass is 407 g/mol. The highest BCUT2D eigenvalue weighted by molar-refractivity contribution is 8.00. The second kappa shape index (κ2) is 7.48. The summed E-state index contributed by atoms with van der Waals surface area (Å²) in [6.45, 7) is 1.58. The van der Waals surface area contributed by atoms with Gasteiger partial charge in [0.15, 0.2) is 11.0 Å². The fourth-order valence-corrected chi connectivity index (χ4v) is 3.85. The third kappa shape index (κ3) is 3.50. The Labute approximate surface area is 170 Å². The maximum atomic E-state index is 11.4. The number of nitrogens with zero attached hydrogens (tertiary/aromatic N) is 3. The molecular formula is C21H17N3O4S. The molecule has 4 aromatic rings. The van der Waals surface area contributed by atoms with E-state index in [1.54, 1.807) is 17.6 Å². The molecule has 1 unspecified atom stereocenters. The highest BCUT2D eigenvalue weighted by atomic mass is 32.2. The van der Waals surface area contributed by atoms with E-state index < -0.39 is 11.2 Å². The standard InChI is InChI=1S/C21H17N3O4S/c1-12(20(27)28)29-21-23-22-19(16-10-9-14(25)11-18(16)26)24(21)17-8-4-6-13-5-2-3-7-15(13)17/h2-12,25-26H,1H3,(H,27,28). The van der Waals surface area contributed by atoms with Crippen molar-refractivity contribution in [3.8, 4) is 28.6 Å². The summed E-state index contributed by atoms with van der Waals surface area (Å²) in [5.74, 6) is -0.839. The van der Waals surface area contributed by atoms with Gasteiger partial charge >= 0.3 is 5.97 Å². The Morgan fingerprint density at radius 2 is 1.79 bits per heavy atom. The Balaban J connectivity index is 1.98. The first kappa shape index (κ1) is 18.8. The summed E-state index contributed by atoms with van der Waals surface area (Å²) in [5, 5.41) is 39.3. The first-order chi connectivity index (χ1) is 14.0. The second-order valence-corrected chi connectivity index (χ2v) is 7.75. The summed E-state index contributed by atoms with van der Waals surface area (Å²) in [4.78, 5) is 11.4. The molecule has 0 radical (unpaired) electrons. The van der Waals surface area contributed by atoms with Crippen LogP contribution in [0.15, 0.2) is 65.8 Å². The normalized spacial score (nSPS) is 12.2. The van der Waals surface area contributed by atoms with Crippen LogP contribution < -0.4 is 0 Å². The van der Waals surface area contributed by atoms with Gasteiger partial charge in [0.25, 0.3) is 0 Å². The van der Waals surface area contributed by atoms with E-state index >= 15 is 0 Å². The topological polar surface area (TPSA) is 108 Å². The Morgan fingerprint density at radius 1 is 1.03 bits per heavy atom. The Morgan fingerprint density at radius 3 is 2.55 bits per heavy atom. The molecule has 0 fully saturated rings. The first-order valence-corrected chi connectivity index (χ1v) is 9.69. The fraction of sp³-hybridized carbons (Fsp3) is 0.0952. The molecule has 0 saturated carbocycles. The van der Waals surface area contributed by atoms with E-state index in [-0.39, 0.29) is 11.5 Å². The van der Waals surface area contributed by atoms with Crippen LogP contribution in [0, 0.1) is 0 Å². The number of aromatic hydroxyl groups is 2. The summed E-state index contributed by atoms with van der Waals surface area (Å²) >= 11 is 1.06. The fourth-order valence-electron chi connectivity index (χ4n) is 3.06. The number of carbonyl (C=O) groups is 1. The lowest BCUT2D eigenvalue weighted by atomic mass is 10.1. The van der Waals surface area contributed by atoms with Gasteiger partial charge in [-0.05, 0) is 30.5 Å². The van der Waals surface area contributed by atoms with E-state index in [1.165, 1.54) is 12.1 Å². The predicted molar refractivity (Wildman–Crippen MR) is 111 cm³/mol. The van der Waals surface area contributed by atoms with Crippen LogP contribution in [0.25, 0.3) is 27.8 Å². The number of hydrogen-bond donors (Lipinski definition) is 3. The minimum Gasteiger partial charge on any atom is -0.508 e. The van der Waals surface area contributed by atoms with Crippen molar-refractivity contribution < 1.29 is 20.1 Å². The van der Waals surface area contributed by atoms with Gasteiger partial charge in [-0.1, -0.05) is 48.2 Å². The summed E-state index contributed by atoms with van der Waals surface area (Å²) in [5.41, 5.74) is 1.13. The largest absolute Gasteiger partial charge is 0.508 e. The molecule has 3 aromatic carbocycles. The molecule has 8 heteroatoms. The molecule has 0 aliphatic carbocycles. The number of benzene rings is 3. The highest BCUT2D eigenvalue weighted by Crippen LogP contribution is 2.37. The van der Waals surface area contributed by atoms with Crippen LogP contribution in [0.2, 0.25) is 0 Å². The molecule has 0 bridgehead atoms. The zero-order valence-corrected chi connectivity index (χ0v) is 16.2. The number of carboxylic acids is 1. The van der Waals surface area contributed by atoms with Crippen molar-refractivity contribution in [2.24, 2.45) is 0 Å². The van der Waals surface area contributed by atoms with Gasteiger partial charge in [0.05, 0.1) is 11.3 Å². The van der Waals surface area contributed by atoms with Crippen LogP contribution in [0.4, 0.5) is 0 Å². The van der Waals surface area contributed by atoms with E-state index in [0.717, 1.165) is 28.2 Å². The number of phenols is 2. The van der Waals surface area contributed by atoms with Crippen molar-refractivity contribution in [2.75, 3.05) is 0 Å². The van der Waals surface area contributed by atoms with Crippen LogP contribution >= 0.6 is 11.8 Å². The number of rotatable bonds is 5. The third-order valence-corrected chi connectivity index (χ3v) is 5.52. The van der Waals surface area contributed by atoms with Crippen molar-refractivity contribution in [3.63, 3.8) is 0 Å². The molecule has 1 aromatic heterocycles. The van der Waals surface area contributed by atoms with E-state index in [0.29, 0.717) is 16.5 Å². The molecule has 0 saturated heterocycles. The maximum Gasteiger partial charge on any atom is 0.316 e. The molecular weight excluding hydrogens is 390 g/mol. The molecule has 0 spiro atoms. The molecule has 1 atom stereocenters. The van der Waals surface area contributed by atoms with Crippen LogP contribution in [0.3, 0.4) is 0 Å². The van der Waals surface area contributed by atoms with Crippen LogP contribution in [-0.4, -0.2) is 41.3 Å². The first-order valence-electron chi connectivity index (χ1n) is 8.81. The smallest absolute Gasteiger partial charge is 0.316 e. The highest BCUT2D eigenvalue weighted by Gasteiger charge is 2.23. The van der Waals surface area contributed by atoms with E-state index in [2.05, 4.69) is 10.2 Å². The van der Waals surface area contributed by atoms with Gasteiger partial charge in [-0.15, -0.1) is 10.2 Å². The lowest BCUT2D eigenvalue weighted by Crippen LogP contribution is -2.13. The lowest BCUT2D eigenvalue weighted by molar-refractivity contribution is -0.136. The Bertz CT molecular complexity index is 1220. The number of phenolic OH excluding ortho intramolecular Hbond substituents is 2. The van der Waals surface area contributed by atoms with Gasteiger partial charge in [-0.3, -0.25) is 9.36 Å². The van der Waals surface area contributed by atoms with E-state index in [9.17, 15) is 20.1 Å². The molecule has 3 N–H and O–H groups in total. The van der Waals surface area contributed by atoms with Gasteiger partial charge in [-0.2, -0.15) is 0 Å². The van der Waals surface area contributed by atoms with Gasteiger partial charge in [0.1, 0.15) is 16.7 Å². The maximum absolute atomic E-state index is 11.4. The summed E-state index contributed by atoms with van der Waals surface area (Å²) in [6, 6.07) is 17.8. The number of fused-ring (bicyclic) bond motifs is 1. The number of carboxylic acid groups (broad SMARTS) is 1. The van der Waals surface area contributed by atoms with Gasteiger partial charge < -0.3 is 15.3 Å². The lowest BCUT2D eigenvalue weighted by Gasteiger charge is -2.14. The minimum absolute atomic E-state index is 0.0726. The van der Waals surface area contributed by atoms with E-state index in [1.807, 2.05) is 42.5 Å². The SMILES string of the molecule is CC(Sc1nnc(-c2ccc(O)cc2O)n1-c1cccc2ccccc12)C(=O)O. The summed E-state index contributed by atoms with van der Waals surface area (Å²) in [6.07, 6.45) is 0. The van der Waals surface area contributed by atoms with Crippen molar-refractivity contribution in [3.05, 3.63) is 60.7 Å². The molecule has 7 nitrogen and oxygen atoms in total. The van der Waals surface area contributed by atoms with Gasteiger partial charge in [0.2, 0.25) is 0 Å². The molecule has 0 aliphatic heterocycles. The minimum atomic E-state index is -0.962. The second-order valence-electron chi connectivity index (χ2n) is 6.44. The average molecular weight is 407 g/mol. The Kier molecular flexibility index (Phi) is 4.85. The average Bonchev–Trinajstić information content (AvgIpc) is 3.10. The van der Waals surface area contributed by atoms with Gasteiger partial charge in [0, 0.05) is 11.5 Å². The van der Waals surface area contributed by atoms with Crippen molar-refractivity contribution in [2.45, 2.75) is 17.3 Å². The van der Waals surface area contributed by atoms with E-state index in [4.69, 9.17) is 0 Å². The zero-order valence-electron chi connectivity index (χ0n) is 15.4. The van der Waals surface area contributed by atoms with Crippen molar-refractivity contribution in [1.82, 2.24) is 14.8 Å². The molecule has 1 heterocycles. The third-order valence-electron chi connectivity index (χ3n) is 4.49. The number of aromatic nitrogens is 3. The van der Waals surface area contributed by atoms with Crippen LogP contribution in [0.5, 0.6) is 11.5 Å². The summed E-state index contributed by atoms with van der Waals surface area (Å²) in [7, 11) is 0. The molecule has 29 heavy (non-hydrogen) atoms.